The molecule has 1 atom stereocenters. The number of carbonyl (C=O) groups is 1. The van der Waals surface area contributed by atoms with Crippen molar-refractivity contribution in [2.45, 2.75) is 31.3 Å². The van der Waals surface area contributed by atoms with Crippen molar-refractivity contribution in [1.29, 1.82) is 0 Å². The summed E-state index contributed by atoms with van der Waals surface area (Å²) in [6, 6.07) is 6.22. The molecule has 0 saturated heterocycles. The van der Waals surface area contributed by atoms with Crippen LogP contribution >= 0.6 is 0 Å². The van der Waals surface area contributed by atoms with Gasteiger partial charge in [0.1, 0.15) is 0 Å². The first-order chi connectivity index (χ1) is 8.69. The van der Waals surface area contributed by atoms with Gasteiger partial charge in [-0.3, -0.25) is 0 Å². The van der Waals surface area contributed by atoms with Crippen LogP contribution in [-0.2, 0) is 19.4 Å². The van der Waals surface area contributed by atoms with Crippen LogP contribution in [0.4, 0.5) is 0 Å². The molecule has 1 rings (SSSR count). The second-order valence-corrected chi connectivity index (χ2v) is 6.56. The number of hydrogen-bond acceptors (Lipinski definition) is 5. The Morgan fingerprint density at radius 1 is 1.32 bits per heavy atom. The van der Waals surface area contributed by atoms with Gasteiger partial charge in [-0.15, -0.1) is 0 Å². The number of esters is 1. The highest BCUT2D eigenvalue weighted by Gasteiger charge is 2.37. The number of aryl methyl sites for hydroxylation is 1. The smallest absolute Gasteiger partial charge is 0.338 e. The second-order valence-electron chi connectivity index (χ2n) is 4.57. The molecule has 6 heteroatoms. The van der Waals surface area contributed by atoms with Crippen LogP contribution < -0.4 is 0 Å². The number of carbonyl (C=O) groups excluding carboxylic acids is 1. The second kappa shape index (κ2) is 5.71. The van der Waals surface area contributed by atoms with E-state index < -0.39 is 27.2 Å². The first-order valence-corrected chi connectivity index (χ1v) is 7.53. The highest BCUT2D eigenvalue weighted by molar-refractivity contribution is 7.91. The van der Waals surface area contributed by atoms with Crippen molar-refractivity contribution < 1.29 is 23.1 Å². The van der Waals surface area contributed by atoms with Crippen LogP contribution in [0.2, 0.25) is 0 Å². The summed E-state index contributed by atoms with van der Waals surface area (Å²) in [5.41, 5.74) is -1.13. The largest absolute Gasteiger partial charge is 0.464 e. The SMILES string of the molecule is CCOC(=O)C(C)(O)CS(=O)(=O)c1ccc(C)cc1. The van der Waals surface area contributed by atoms with Gasteiger partial charge in [-0.25, -0.2) is 13.2 Å². The molecule has 0 heterocycles. The number of benzene rings is 1. The minimum absolute atomic E-state index is 0.0719. The number of sulfone groups is 1. The van der Waals surface area contributed by atoms with Crippen molar-refractivity contribution in [2.75, 3.05) is 12.4 Å². The van der Waals surface area contributed by atoms with Crippen LogP contribution in [0.25, 0.3) is 0 Å². The van der Waals surface area contributed by atoms with E-state index in [1.165, 1.54) is 12.1 Å². The minimum Gasteiger partial charge on any atom is -0.464 e. The van der Waals surface area contributed by atoms with Crippen molar-refractivity contribution >= 4 is 15.8 Å². The van der Waals surface area contributed by atoms with Crippen LogP contribution in [0.1, 0.15) is 19.4 Å². The van der Waals surface area contributed by atoms with Crippen LogP contribution in [0.3, 0.4) is 0 Å². The molecule has 0 saturated carbocycles. The normalized spacial score (nSPS) is 14.7. The number of rotatable bonds is 5. The van der Waals surface area contributed by atoms with Gasteiger partial charge in [-0.2, -0.15) is 0 Å². The molecule has 0 aliphatic heterocycles. The van der Waals surface area contributed by atoms with E-state index in [0.717, 1.165) is 12.5 Å². The zero-order chi connectivity index (χ0) is 14.7. The first-order valence-electron chi connectivity index (χ1n) is 5.88. The highest BCUT2D eigenvalue weighted by atomic mass is 32.2. The Morgan fingerprint density at radius 2 is 1.84 bits per heavy atom. The molecule has 1 aromatic rings. The summed E-state index contributed by atoms with van der Waals surface area (Å²) in [6.45, 7) is 4.64. The predicted molar refractivity (Wildman–Crippen MR) is 70.5 cm³/mol. The highest BCUT2D eigenvalue weighted by Crippen LogP contribution is 2.18. The first kappa shape index (κ1) is 15.7. The summed E-state index contributed by atoms with van der Waals surface area (Å²) in [6.07, 6.45) is 0. The quantitative estimate of drug-likeness (QED) is 0.819. The van der Waals surface area contributed by atoms with E-state index in [9.17, 15) is 18.3 Å². The molecule has 1 unspecified atom stereocenters. The Labute approximate surface area is 113 Å². The van der Waals surface area contributed by atoms with E-state index in [1.54, 1.807) is 19.1 Å². The number of ether oxygens (including phenoxy) is 1. The van der Waals surface area contributed by atoms with Crippen molar-refractivity contribution in [3.05, 3.63) is 29.8 Å². The van der Waals surface area contributed by atoms with Crippen molar-refractivity contribution in [3.8, 4) is 0 Å². The Kier molecular flexibility index (Phi) is 4.70. The maximum Gasteiger partial charge on any atom is 0.338 e. The molecule has 0 fully saturated rings. The van der Waals surface area contributed by atoms with Gasteiger partial charge < -0.3 is 9.84 Å². The lowest BCUT2D eigenvalue weighted by Gasteiger charge is -2.20. The Hall–Kier alpha value is -1.40. The Bertz CT molecular complexity index is 543. The lowest BCUT2D eigenvalue weighted by Crippen LogP contribution is -2.43. The molecule has 1 aromatic carbocycles. The topological polar surface area (TPSA) is 80.7 Å². The molecule has 0 aliphatic carbocycles. The minimum atomic E-state index is -3.75. The summed E-state index contributed by atoms with van der Waals surface area (Å²) >= 11 is 0. The van der Waals surface area contributed by atoms with Crippen LogP contribution in [0, 0.1) is 6.92 Å². The number of hydrogen-bond donors (Lipinski definition) is 1. The van der Waals surface area contributed by atoms with Gasteiger partial charge in [0.2, 0.25) is 0 Å². The standard InChI is InChI=1S/C13H18O5S/c1-4-18-12(14)13(3,15)9-19(16,17)11-7-5-10(2)6-8-11/h5-8,15H,4,9H2,1-3H3. The Morgan fingerprint density at radius 3 is 2.32 bits per heavy atom. The van der Waals surface area contributed by atoms with Crippen LogP contribution in [0.15, 0.2) is 29.2 Å². The van der Waals surface area contributed by atoms with E-state index in [2.05, 4.69) is 4.74 Å². The molecule has 0 aliphatic rings. The van der Waals surface area contributed by atoms with E-state index in [4.69, 9.17) is 0 Å². The third-order valence-electron chi connectivity index (χ3n) is 2.57. The third kappa shape index (κ3) is 4.04. The molecule has 0 aromatic heterocycles. The average Bonchev–Trinajstić information content (AvgIpc) is 2.28. The summed E-state index contributed by atoms with van der Waals surface area (Å²) in [5.74, 6) is -1.65. The Balaban J connectivity index is 2.96. The summed E-state index contributed by atoms with van der Waals surface area (Å²) in [4.78, 5) is 11.6. The van der Waals surface area contributed by atoms with Crippen molar-refractivity contribution in [2.24, 2.45) is 0 Å². The fourth-order valence-electron chi connectivity index (χ4n) is 1.54. The lowest BCUT2D eigenvalue weighted by atomic mass is 10.1. The van der Waals surface area contributed by atoms with Gasteiger partial charge in [0.15, 0.2) is 15.4 Å². The van der Waals surface area contributed by atoms with E-state index in [-0.39, 0.29) is 11.5 Å². The molecule has 106 valence electrons. The van der Waals surface area contributed by atoms with Crippen molar-refractivity contribution in [3.63, 3.8) is 0 Å². The maximum atomic E-state index is 12.1. The molecular weight excluding hydrogens is 268 g/mol. The monoisotopic (exact) mass is 286 g/mol. The molecule has 1 N–H and O–H groups in total. The van der Waals surface area contributed by atoms with Gasteiger partial charge >= 0.3 is 5.97 Å². The van der Waals surface area contributed by atoms with Gasteiger partial charge in [-0.1, -0.05) is 17.7 Å². The third-order valence-corrected chi connectivity index (χ3v) is 4.50. The van der Waals surface area contributed by atoms with E-state index in [0.29, 0.717) is 0 Å². The van der Waals surface area contributed by atoms with Crippen molar-refractivity contribution in [1.82, 2.24) is 0 Å². The fourth-order valence-corrected chi connectivity index (χ4v) is 3.12. The van der Waals surface area contributed by atoms with Gasteiger partial charge in [-0.05, 0) is 32.9 Å². The van der Waals surface area contributed by atoms with Gasteiger partial charge in [0.05, 0.1) is 17.3 Å². The molecule has 5 nitrogen and oxygen atoms in total. The van der Waals surface area contributed by atoms with E-state index >= 15 is 0 Å². The van der Waals surface area contributed by atoms with E-state index in [1.807, 2.05) is 6.92 Å². The summed E-state index contributed by atoms with van der Waals surface area (Å²) in [5, 5.41) is 9.91. The maximum absolute atomic E-state index is 12.1. The zero-order valence-electron chi connectivity index (χ0n) is 11.2. The van der Waals surface area contributed by atoms with Crippen LogP contribution in [-0.4, -0.2) is 37.5 Å². The van der Waals surface area contributed by atoms with Gasteiger partial charge in [0, 0.05) is 0 Å². The molecule has 0 bridgehead atoms. The summed E-state index contributed by atoms with van der Waals surface area (Å²) < 4.78 is 28.9. The van der Waals surface area contributed by atoms with Gasteiger partial charge in [0.25, 0.3) is 0 Å². The molecule has 0 spiro atoms. The molecule has 0 radical (unpaired) electrons. The predicted octanol–water partition coefficient (Wildman–Crippen LogP) is 1.08. The van der Waals surface area contributed by atoms with Crippen LogP contribution in [0.5, 0.6) is 0 Å². The molecule has 19 heavy (non-hydrogen) atoms. The molecular formula is C13H18O5S. The fraction of sp³-hybridized carbons (Fsp3) is 0.462. The molecule has 0 amide bonds. The average molecular weight is 286 g/mol. The summed E-state index contributed by atoms with van der Waals surface area (Å²) in [7, 11) is -3.75. The number of aliphatic hydroxyl groups is 1. The lowest BCUT2D eigenvalue weighted by molar-refractivity contribution is -0.160. The zero-order valence-corrected chi connectivity index (χ0v) is 12.0.